The smallest absolute Gasteiger partial charge is 0.139 e. The van der Waals surface area contributed by atoms with Crippen molar-refractivity contribution in [2.45, 2.75) is 77.9 Å². The molecule has 4 saturated carbocycles. The number of ketones is 1. The van der Waals surface area contributed by atoms with Crippen molar-refractivity contribution in [2.24, 2.45) is 51.3 Å². The number of hydrogen-bond acceptors (Lipinski definition) is 6. The van der Waals surface area contributed by atoms with Crippen LogP contribution in [0.4, 0.5) is 0 Å². The summed E-state index contributed by atoms with van der Waals surface area (Å²) in [5.41, 5.74) is 6.55. The fourth-order valence-corrected chi connectivity index (χ4v) is 7.59. The average molecular weight is 407 g/mol. The largest absolute Gasteiger partial charge is 0.396 e. The Morgan fingerprint density at radius 2 is 1.97 bits per heavy atom. The molecule has 0 heterocycles. The normalized spacial score (nSPS) is 49.3. The van der Waals surface area contributed by atoms with Crippen molar-refractivity contribution in [1.29, 1.82) is 0 Å². The SMILES string of the molecule is C[C@H](N)CON=C1CC[C@@]2(C)C(C1)[C@@H](CO)[C@@H](O)[C@@H]1[C@@H]2CC[C@]2(C)C(=O)CC[C@@H]12. The van der Waals surface area contributed by atoms with Gasteiger partial charge in [0.1, 0.15) is 12.4 Å². The van der Waals surface area contributed by atoms with E-state index in [1.807, 2.05) is 6.92 Å². The van der Waals surface area contributed by atoms with Gasteiger partial charge in [-0.1, -0.05) is 19.0 Å². The lowest BCUT2D eigenvalue weighted by Crippen LogP contribution is -2.62. The van der Waals surface area contributed by atoms with Crippen LogP contribution < -0.4 is 5.73 Å². The maximum absolute atomic E-state index is 12.6. The summed E-state index contributed by atoms with van der Waals surface area (Å²) in [6.07, 6.45) is 5.59. The molecule has 29 heavy (non-hydrogen) atoms. The molecule has 0 aromatic rings. The fourth-order valence-electron chi connectivity index (χ4n) is 7.59. The molecule has 4 rings (SSSR count). The van der Waals surface area contributed by atoms with Crippen molar-refractivity contribution in [3.05, 3.63) is 0 Å². The standard InChI is InChI=1S/C23H38N2O4/c1-13(24)12-29-25-14-6-8-22(2)17-7-9-23(3)16(4-5-19(23)27)20(17)21(28)15(11-26)18(22)10-14/h13,15-18,20-21,26,28H,4-12,24H2,1-3H3/t13-,15+,16-,17-,18?,20-,21+,22+,23-/m0/s1. The van der Waals surface area contributed by atoms with Crippen LogP contribution in [0.2, 0.25) is 0 Å². The molecule has 6 nitrogen and oxygen atoms in total. The molecule has 0 radical (unpaired) electrons. The summed E-state index contributed by atoms with van der Waals surface area (Å²) < 4.78 is 0. The maximum atomic E-state index is 12.6. The molecule has 1 unspecified atom stereocenters. The number of aliphatic hydroxyl groups is 2. The minimum atomic E-state index is -0.553. The summed E-state index contributed by atoms with van der Waals surface area (Å²) in [6.45, 7) is 6.76. The molecule has 0 saturated heterocycles. The van der Waals surface area contributed by atoms with Gasteiger partial charge >= 0.3 is 0 Å². The molecular weight excluding hydrogens is 368 g/mol. The first-order chi connectivity index (χ1) is 13.7. The maximum Gasteiger partial charge on any atom is 0.139 e. The lowest BCUT2D eigenvalue weighted by Gasteiger charge is -2.63. The van der Waals surface area contributed by atoms with Crippen LogP contribution in [-0.2, 0) is 9.63 Å². The minimum Gasteiger partial charge on any atom is -0.396 e. The Hall–Kier alpha value is -0.980. The van der Waals surface area contributed by atoms with Gasteiger partial charge in [0.25, 0.3) is 0 Å². The third kappa shape index (κ3) is 3.26. The van der Waals surface area contributed by atoms with Crippen molar-refractivity contribution < 1.29 is 19.8 Å². The highest BCUT2D eigenvalue weighted by Crippen LogP contribution is 2.66. The third-order valence-electron chi connectivity index (χ3n) is 9.24. The molecule has 4 fully saturated rings. The minimum absolute atomic E-state index is 0.0179. The van der Waals surface area contributed by atoms with Crippen molar-refractivity contribution in [3.63, 3.8) is 0 Å². The number of hydrogen-bond donors (Lipinski definition) is 3. The van der Waals surface area contributed by atoms with Crippen LogP contribution in [-0.4, -0.2) is 47.1 Å². The third-order valence-corrected chi connectivity index (χ3v) is 9.24. The van der Waals surface area contributed by atoms with E-state index in [0.717, 1.165) is 44.2 Å². The van der Waals surface area contributed by atoms with Crippen LogP contribution in [0.1, 0.15) is 65.7 Å². The van der Waals surface area contributed by atoms with Crippen LogP contribution in [0.3, 0.4) is 0 Å². The monoisotopic (exact) mass is 406 g/mol. The van der Waals surface area contributed by atoms with E-state index in [0.29, 0.717) is 24.7 Å². The van der Waals surface area contributed by atoms with E-state index in [1.54, 1.807) is 0 Å². The van der Waals surface area contributed by atoms with Crippen molar-refractivity contribution >= 4 is 11.5 Å². The number of nitrogens with two attached hydrogens (primary N) is 1. The summed E-state index contributed by atoms with van der Waals surface area (Å²) >= 11 is 0. The molecule has 0 bridgehead atoms. The molecule has 9 atom stereocenters. The first-order valence-electron chi connectivity index (χ1n) is 11.5. The summed E-state index contributed by atoms with van der Waals surface area (Å²) in [6, 6.07) is -0.0543. The number of aliphatic hydroxyl groups excluding tert-OH is 2. The summed E-state index contributed by atoms with van der Waals surface area (Å²) in [7, 11) is 0. The van der Waals surface area contributed by atoms with Gasteiger partial charge in [-0.25, -0.2) is 0 Å². The second kappa shape index (κ2) is 7.61. The number of oxime groups is 1. The predicted molar refractivity (Wildman–Crippen MR) is 111 cm³/mol. The van der Waals surface area contributed by atoms with Crippen molar-refractivity contribution in [2.75, 3.05) is 13.2 Å². The summed E-state index contributed by atoms with van der Waals surface area (Å²) in [5, 5.41) is 26.1. The number of rotatable bonds is 4. The second-order valence-corrected chi connectivity index (χ2v) is 10.8. The lowest BCUT2D eigenvalue weighted by atomic mass is 9.42. The molecule has 0 amide bonds. The first kappa shape index (κ1) is 21.3. The number of fused-ring (bicyclic) bond motifs is 5. The molecule has 0 spiro atoms. The van der Waals surface area contributed by atoms with Crippen LogP contribution in [0.5, 0.6) is 0 Å². The zero-order valence-corrected chi connectivity index (χ0v) is 18.1. The number of carbonyl (C=O) groups is 1. The highest BCUT2D eigenvalue weighted by atomic mass is 16.6. The number of Topliss-reactive ketones (excluding diaryl/α,β-unsaturated/α-hetero) is 1. The Morgan fingerprint density at radius 1 is 1.21 bits per heavy atom. The molecule has 4 N–H and O–H groups in total. The van der Waals surface area contributed by atoms with Crippen LogP contribution in [0.25, 0.3) is 0 Å². The topological polar surface area (TPSA) is 105 Å². The van der Waals surface area contributed by atoms with Gasteiger partial charge in [-0.3, -0.25) is 4.79 Å². The highest BCUT2D eigenvalue weighted by Gasteiger charge is 2.64. The Bertz CT molecular complexity index is 680. The average Bonchev–Trinajstić information content (AvgIpc) is 2.98. The van der Waals surface area contributed by atoms with Gasteiger partial charge in [-0.15, -0.1) is 0 Å². The zero-order valence-electron chi connectivity index (χ0n) is 18.1. The molecule has 0 aliphatic heterocycles. The van der Waals surface area contributed by atoms with Crippen LogP contribution in [0.15, 0.2) is 5.16 Å². The van der Waals surface area contributed by atoms with Gasteiger partial charge in [-0.05, 0) is 74.5 Å². The van der Waals surface area contributed by atoms with E-state index in [1.165, 1.54) is 0 Å². The van der Waals surface area contributed by atoms with Gasteiger partial charge < -0.3 is 20.8 Å². The zero-order chi connectivity index (χ0) is 21.0. The van der Waals surface area contributed by atoms with E-state index in [2.05, 4.69) is 19.0 Å². The van der Waals surface area contributed by atoms with E-state index in [-0.39, 0.29) is 47.2 Å². The lowest BCUT2D eigenvalue weighted by molar-refractivity contribution is -0.188. The number of carbonyl (C=O) groups excluding carboxylic acids is 1. The molecular formula is C23H38N2O4. The quantitative estimate of drug-likeness (QED) is 0.622. The Balaban J connectivity index is 1.61. The van der Waals surface area contributed by atoms with Gasteiger partial charge in [0.05, 0.1) is 11.8 Å². The molecule has 6 heteroatoms. The first-order valence-corrected chi connectivity index (χ1v) is 11.5. The second-order valence-electron chi connectivity index (χ2n) is 10.8. The van der Waals surface area contributed by atoms with Crippen LogP contribution in [0, 0.1) is 40.4 Å². The van der Waals surface area contributed by atoms with E-state index in [4.69, 9.17) is 10.6 Å². The molecule has 0 aromatic carbocycles. The molecule has 4 aliphatic rings. The molecule has 4 aliphatic carbocycles. The van der Waals surface area contributed by atoms with E-state index in [9.17, 15) is 15.0 Å². The fraction of sp³-hybridized carbons (Fsp3) is 0.913. The van der Waals surface area contributed by atoms with E-state index < -0.39 is 6.10 Å². The molecule has 0 aromatic heterocycles. The predicted octanol–water partition coefficient (Wildman–Crippen LogP) is 2.51. The Morgan fingerprint density at radius 3 is 2.66 bits per heavy atom. The van der Waals surface area contributed by atoms with Gasteiger partial charge in [0.2, 0.25) is 0 Å². The van der Waals surface area contributed by atoms with E-state index >= 15 is 0 Å². The number of nitrogens with zero attached hydrogens (tertiary/aromatic N) is 1. The summed E-state index contributed by atoms with van der Waals surface area (Å²) in [5.74, 6) is 1.17. The van der Waals surface area contributed by atoms with Gasteiger partial charge in [0.15, 0.2) is 0 Å². The summed E-state index contributed by atoms with van der Waals surface area (Å²) in [4.78, 5) is 18.1. The Kier molecular flexibility index (Phi) is 5.58. The van der Waals surface area contributed by atoms with Gasteiger partial charge in [0, 0.05) is 30.4 Å². The molecule has 164 valence electrons. The highest BCUT2D eigenvalue weighted by molar-refractivity contribution is 5.87. The van der Waals surface area contributed by atoms with Gasteiger partial charge in [-0.2, -0.15) is 0 Å². The van der Waals surface area contributed by atoms with Crippen molar-refractivity contribution in [3.8, 4) is 0 Å². The Labute approximate surface area is 174 Å². The van der Waals surface area contributed by atoms with Crippen LogP contribution >= 0.6 is 0 Å². The van der Waals surface area contributed by atoms with Crippen molar-refractivity contribution in [1.82, 2.24) is 0 Å².